The van der Waals surface area contributed by atoms with Crippen LogP contribution in [0, 0.1) is 0 Å². The highest BCUT2D eigenvalue weighted by Gasteiger charge is 2.14. The molecule has 4 aromatic rings. The van der Waals surface area contributed by atoms with Crippen molar-refractivity contribution >= 4 is 33.4 Å². The first-order valence-electron chi connectivity index (χ1n) is 8.09. The van der Waals surface area contributed by atoms with Gasteiger partial charge in [0.25, 0.3) is 0 Å². The number of fused-ring (bicyclic) bond motifs is 2. The van der Waals surface area contributed by atoms with Crippen LogP contribution in [0.2, 0.25) is 0 Å². The molecule has 0 saturated heterocycles. The molecule has 0 unspecified atom stereocenters. The molecule has 5 heteroatoms. The zero-order valence-corrected chi connectivity index (χ0v) is 13.8. The average Bonchev–Trinajstić information content (AvgIpc) is 2.61. The summed E-state index contributed by atoms with van der Waals surface area (Å²) in [7, 11) is 0. The van der Waals surface area contributed by atoms with E-state index in [-0.39, 0.29) is 12.1 Å². The monoisotopic (exact) mass is 330 g/mol. The van der Waals surface area contributed by atoms with Crippen molar-refractivity contribution in [2.75, 3.05) is 11.5 Å². The normalized spacial score (nSPS) is 12.4. The molecular formula is C20H18N4O. The van der Waals surface area contributed by atoms with Crippen molar-refractivity contribution in [1.29, 1.82) is 0 Å². The van der Waals surface area contributed by atoms with Gasteiger partial charge in [0.2, 0.25) is 5.95 Å². The Morgan fingerprint density at radius 2 is 1.68 bits per heavy atom. The lowest BCUT2D eigenvalue weighted by atomic mass is 10.0. The van der Waals surface area contributed by atoms with Crippen LogP contribution >= 0.6 is 0 Å². The average molecular weight is 330 g/mol. The lowest BCUT2D eigenvalue weighted by molar-refractivity contribution is 0.230. The summed E-state index contributed by atoms with van der Waals surface area (Å²) >= 11 is 0. The molecule has 25 heavy (non-hydrogen) atoms. The van der Waals surface area contributed by atoms with Crippen LogP contribution in [0.25, 0.3) is 21.7 Å². The fourth-order valence-electron chi connectivity index (χ4n) is 3.02. The van der Waals surface area contributed by atoms with E-state index >= 15 is 0 Å². The highest BCUT2D eigenvalue weighted by Crippen LogP contribution is 2.33. The van der Waals surface area contributed by atoms with E-state index in [0.717, 1.165) is 5.56 Å². The van der Waals surface area contributed by atoms with Crippen LogP contribution in [0.3, 0.4) is 0 Å². The minimum Gasteiger partial charge on any atom is -0.485 e. The van der Waals surface area contributed by atoms with Gasteiger partial charge in [-0.15, -0.1) is 0 Å². The highest BCUT2D eigenvalue weighted by atomic mass is 16.5. The number of aromatic nitrogens is 2. The molecule has 124 valence electrons. The third-order valence-electron chi connectivity index (χ3n) is 4.28. The molecule has 0 amide bonds. The summed E-state index contributed by atoms with van der Waals surface area (Å²) in [6, 6.07) is 20.2. The molecule has 4 rings (SSSR count). The third-order valence-corrected chi connectivity index (χ3v) is 4.28. The predicted molar refractivity (Wildman–Crippen MR) is 101 cm³/mol. The van der Waals surface area contributed by atoms with E-state index in [9.17, 15) is 0 Å². The molecule has 0 saturated carbocycles. The number of ether oxygens (including phenoxy) is 1. The number of nitrogens with zero attached hydrogens (tertiary/aromatic N) is 2. The fraction of sp³-hybridized carbons (Fsp3) is 0.100. The zero-order valence-electron chi connectivity index (χ0n) is 13.8. The van der Waals surface area contributed by atoms with E-state index in [1.807, 2.05) is 37.3 Å². The van der Waals surface area contributed by atoms with Gasteiger partial charge in [-0.3, -0.25) is 0 Å². The van der Waals surface area contributed by atoms with Crippen LogP contribution in [-0.4, -0.2) is 9.97 Å². The summed E-state index contributed by atoms with van der Waals surface area (Å²) in [5, 5.41) is 3.07. The lowest BCUT2D eigenvalue weighted by Gasteiger charge is -2.17. The van der Waals surface area contributed by atoms with E-state index in [1.54, 1.807) is 0 Å². The van der Waals surface area contributed by atoms with Crippen molar-refractivity contribution in [1.82, 2.24) is 9.97 Å². The highest BCUT2D eigenvalue weighted by molar-refractivity contribution is 5.94. The number of anilines is 2. The third kappa shape index (κ3) is 2.80. The van der Waals surface area contributed by atoms with Gasteiger partial charge in [-0.1, -0.05) is 42.5 Å². The van der Waals surface area contributed by atoms with Crippen LogP contribution in [0.5, 0.6) is 5.75 Å². The quantitative estimate of drug-likeness (QED) is 0.591. The van der Waals surface area contributed by atoms with Crippen LogP contribution in [0.15, 0.2) is 60.7 Å². The first kappa shape index (κ1) is 15.2. The summed E-state index contributed by atoms with van der Waals surface area (Å²) in [5.74, 6) is 1.13. The second-order valence-electron chi connectivity index (χ2n) is 5.98. The van der Waals surface area contributed by atoms with Crippen LogP contribution in [-0.2, 0) is 0 Å². The maximum absolute atomic E-state index is 6.18. The van der Waals surface area contributed by atoms with Gasteiger partial charge in [0, 0.05) is 0 Å². The smallest absolute Gasteiger partial charge is 0.222 e. The molecule has 0 fully saturated rings. The largest absolute Gasteiger partial charge is 0.485 e. The van der Waals surface area contributed by atoms with Gasteiger partial charge in [-0.25, -0.2) is 4.98 Å². The Labute approximate surface area is 145 Å². The maximum Gasteiger partial charge on any atom is 0.222 e. The van der Waals surface area contributed by atoms with Gasteiger partial charge in [0.1, 0.15) is 17.7 Å². The van der Waals surface area contributed by atoms with E-state index in [4.69, 9.17) is 16.2 Å². The molecule has 1 atom stereocenters. The minimum atomic E-state index is -0.146. The molecule has 0 aliphatic carbocycles. The Morgan fingerprint density at radius 1 is 0.880 bits per heavy atom. The van der Waals surface area contributed by atoms with E-state index in [1.165, 1.54) is 10.8 Å². The molecule has 1 heterocycles. The maximum atomic E-state index is 6.18. The van der Waals surface area contributed by atoms with E-state index in [0.29, 0.717) is 22.5 Å². The molecule has 0 radical (unpaired) electrons. The van der Waals surface area contributed by atoms with E-state index in [2.05, 4.69) is 40.3 Å². The van der Waals surface area contributed by atoms with E-state index < -0.39 is 0 Å². The SMILES string of the molecule is C[C@H](Oc1cccc2nc(N)nc(N)c12)c1ccc2ccccc2c1. The Balaban J connectivity index is 1.72. The zero-order chi connectivity index (χ0) is 17.4. The standard InChI is InChI=1S/C20H18N4O/c1-12(14-10-9-13-5-2-3-6-15(13)11-14)25-17-8-4-7-16-18(17)19(21)24-20(22)23-16/h2-12H,1H3,(H4,21,22,23,24)/t12-/m0/s1. The molecule has 0 aliphatic rings. The predicted octanol–water partition coefficient (Wildman–Crippen LogP) is 4.09. The molecule has 5 nitrogen and oxygen atoms in total. The number of benzene rings is 3. The fourth-order valence-corrected chi connectivity index (χ4v) is 3.02. The van der Waals surface area contributed by atoms with Crippen molar-refractivity contribution in [2.45, 2.75) is 13.0 Å². The van der Waals surface area contributed by atoms with Crippen molar-refractivity contribution in [3.63, 3.8) is 0 Å². The Kier molecular flexibility index (Phi) is 3.61. The first-order valence-corrected chi connectivity index (χ1v) is 8.09. The number of nitrogen functional groups attached to an aromatic ring is 2. The summed E-state index contributed by atoms with van der Waals surface area (Å²) in [6.45, 7) is 2.01. The molecule has 0 spiro atoms. The molecule has 3 aromatic carbocycles. The second kappa shape index (κ2) is 5.94. The number of hydrogen-bond acceptors (Lipinski definition) is 5. The number of rotatable bonds is 3. The molecule has 1 aromatic heterocycles. The first-order chi connectivity index (χ1) is 12.1. The molecular weight excluding hydrogens is 312 g/mol. The van der Waals surface area contributed by atoms with Gasteiger partial charge >= 0.3 is 0 Å². The Bertz CT molecular complexity index is 1080. The molecule has 4 N–H and O–H groups in total. The molecule has 0 aliphatic heterocycles. The summed E-state index contributed by atoms with van der Waals surface area (Å²) in [4.78, 5) is 8.27. The second-order valence-corrected chi connectivity index (χ2v) is 5.98. The molecule has 0 bridgehead atoms. The lowest BCUT2D eigenvalue weighted by Crippen LogP contribution is -2.06. The number of hydrogen-bond donors (Lipinski definition) is 2. The van der Waals surface area contributed by atoms with Crippen molar-refractivity contribution in [2.24, 2.45) is 0 Å². The Hall–Kier alpha value is -3.34. The summed E-state index contributed by atoms with van der Waals surface area (Å²) in [5.41, 5.74) is 13.5. The van der Waals surface area contributed by atoms with Crippen molar-refractivity contribution < 1.29 is 4.74 Å². The van der Waals surface area contributed by atoms with Gasteiger partial charge in [-0.2, -0.15) is 4.98 Å². The van der Waals surface area contributed by atoms with Crippen LogP contribution in [0.1, 0.15) is 18.6 Å². The Morgan fingerprint density at radius 3 is 2.52 bits per heavy atom. The topological polar surface area (TPSA) is 87.0 Å². The van der Waals surface area contributed by atoms with Gasteiger partial charge in [0.15, 0.2) is 0 Å². The van der Waals surface area contributed by atoms with Gasteiger partial charge in [-0.05, 0) is 41.5 Å². The number of nitrogens with two attached hydrogens (primary N) is 2. The summed E-state index contributed by atoms with van der Waals surface area (Å²) < 4.78 is 6.18. The van der Waals surface area contributed by atoms with Crippen molar-refractivity contribution in [3.05, 3.63) is 66.2 Å². The van der Waals surface area contributed by atoms with Gasteiger partial charge in [0.05, 0.1) is 10.9 Å². The minimum absolute atomic E-state index is 0.146. The van der Waals surface area contributed by atoms with Crippen LogP contribution < -0.4 is 16.2 Å². The van der Waals surface area contributed by atoms with Crippen molar-refractivity contribution in [3.8, 4) is 5.75 Å². The summed E-state index contributed by atoms with van der Waals surface area (Å²) in [6.07, 6.45) is -0.146. The van der Waals surface area contributed by atoms with Crippen LogP contribution in [0.4, 0.5) is 11.8 Å². The van der Waals surface area contributed by atoms with Gasteiger partial charge < -0.3 is 16.2 Å².